The highest BCUT2D eigenvalue weighted by atomic mass is 35.5. The van der Waals surface area contributed by atoms with Gasteiger partial charge in [-0.3, -0.25) is 4.98 Å². The molecule has 0 spiro atoms. The zero-order chi connectivity index (χ0) is 15.2. The fraction of sp³-hybridized carbons (Fsp3) is 0.312. The van der Waals surface area contributed by atoms with Gasteiger partial charge in [0.25, 0.3) is 0 Å². The van der Waals surface area contributed by atoms with Gasteiger partial charge in [0.2, 0.25) is 0 Å². The van der Waals surface area contributed by atoms with Crippen LogP contribution >= 0.6 is 23.2 Å². The van der Waals surface area contributed by atoms with Crippen molar-refractivity contribution in [2.75, 3.05) is 13.7 Å². The van der Waals surface area contributed by atoms with Crippen molar-refractivity contribution in [1.29, 1.82) is 0 Å². The van der Waals surface area contributed by atoms with Crippen molar-refractivity contribution in [2.24, 2.45) is 0 Å². The second kappa shape index (κ2) is 7.64. The number of benzene rings is 1. The van der Waals surface area contributed by atoms with Crippen molar-refractivity contribution in [2.45, 2.75) is 19.4 Å². The van der Waals surface area contributed by atoms with E-state index in [1.807, 2.05) is 31.3 Å². The van der Waals surface area contributed by atoms with E-state index in [1.54, 1.807) is 12.3 Å². The van der Waals surface area contributed by atoms with E-state index < -0.39 is 0 Å². The quantitative estimate of drug-likeness (QED) is 0.850. The SMILES string of the molecule is CCCOc1ccccc1C(NC)c1ncc(Cl)cc1Cl. The van der Waals surface area contributed by atoms with Gasteiger partial charge in [-0.1, -0.05) is 48.3 Å². The van der Waals surface area contributed by atoms with Crippen molar-refractivity contribution in [1.82, 2.24) is 10.3 Å². The molecular weight excluding hydrogens is 307 g/mol. The molecule has 2 rings (SSSR count). The molecule has 0 aliphatic rings. The van der Waals surface area contributed by atoms with Crippen LogP contribution in [0.15, 0.2) is 36.5 Å². The monoisotopic (exact) mass is 324 g/mol. The summed E-state index contributed by atoms with van der Waals surface area (Å²) in [5, 5.41) is 4.30. The van der Waals surface area contributed by atoms with Gasteiger partial charge in [0.1, 0.15) is 5.75 Å². The van der Waals surface area contributed by atoms with Crippen LogP contribution in [0.3, 0.4) is 0 Å². The van der Waals surface area contributed by atoms with Crippen LogP contribution in [0.25, 0.3) is 0 Å². The molecule has 0 aliphatic heterocycles. The van der Waals surface area contributed by atoms with Gasteiger partial charge in [-0.2, -0.15) is 0 Å². The minimum absolute atomic E-state index is 0.150. The molecule has 0 radical (unpaired) electrons. The van der Waals surface area contributed by atoms with E-state index in [-0.39, 0.29) is 6.04 Å². The molecular formula is C16H18Cl2N2O. The second-order valence-electron chi connectivity index (χ2n) is 4.63. The van der Waals surface area contributed by atoms with Crippen LogP contribution in [0.2, 0.25) is 10.0 Å². The molecule has 112 valence electrons. The van der Waals surface area contributed by atoms with Gasteiger partial charge in [0, 0.05) is 11.8 Å². The number of aromatic nitrogens is 1. The maximum absolute atomic E-state index is 6.28. The molecule has 0 fully saturated rings. The van der Waals surface area contributed by atoms with E-state index in [0.29, 0.717) is 16.7 Å². The average Bonchev–Trinajstić information content (AvgIpc) is 2.49. The Labute approximate surface area is 135 Å². The van der Waals surface area contributed by atoms with Crippen LogP contribution < -0.4 is 10.1 Å². The van der Waals surface area contributed by atoms with Gasteiger partial charge in [-0.15, -0.1) is 0 Å². The Balaban J connectivity index is 2.41. The van der Waals surface area contributed by atoms with Crippen molar-refractivity contribution >= 4 is 23.2 Å². The summed E-state index contributed by atoms with van der Waals surface area (Å²) in [6.45, 7) is 2.75. The molecule has 0 amide bonds. The first-order valence-corrected chi connectivity index (χ1v) is 7.63. The molecule has 1 N–H and O–H groups in total. The molecule has 1 aromatic carbocycles. The molecule has 2 aromatic rings. The molecule has 1 atom stereocenters. The molecule has 1 heterocycles. The minimum atomic E-state index is -0.150. The summed E-state index contributed by atoms with van der Waals surface area (Å²) in [7, 11) is 1.87. The van der Waals surface area contributed by atoms with Crippen LogP contribution in [0.5, 0.6) is 5.75 Å². The van der Waals surface area contributed by atoms with Gasteiger partial charge >= 0.3 is 0 Å². The lowest BCUT2D eigenvalue weighted by Crippen LogP contribution is -2.20. The van der Waals surface area contributed by atoms with Gasteiger partial charge in [-0.25, -0.2) is 0 Å². The van der Waals surface area contributed by atoms with E-state index in [2.05, 4.69) is 17.2 Å². The highest BCUT2D eigenvalue weighted by Gasteiger charge is 2.20. The normalized spacial score (nSPS) is 12.2. The summed E-state index contributed by atoms with van der Waals surface area (Å²) >= 11 is 12.2. The van der Waals surface area contributed by atoms with Crippen molar-refractivity contribution < 1.29 is 4.74 Å². The van der Waals surface area contributed by atoms with Gasteiger partial charge < -0.3 is 10.1 Å². The fourth-order valence-corrected chi connectivity index (χ4v) is 2.63. The molecule has 0 bridgehead atoms. The highest BCUT2D eigenvalue weighted by molar-refractivity contribution is 6.34. The van der Waals surface area contributed by atoms with Gasteiger partial charge in [0.15, 0.2) is 0 Å². The molecule has 3 nitrogen and oxygen atoms in total. The van der Waals surface area contributed by atoms with Crippen molar-refractivity contribution in [3.05, 3.63) is 57.8 Å². The number of nitrogens with zero attached hydrogens (tertiary/aromatic N) is 1. The zero-order valence-corrected chi connectivity index (χ0v) is 13.6. The molecule has 21 heavy (non-hydrogen) atoms. The number of hydrogen-bond acceptors (Lipinski definition) is 3. The predicted octanol–water partition coefficient (Wildman–Crippen LogP) is 4.49. The number of rotatable bonds is 6. The van der Waals surface area contributed by atoms with Crippen LogP contribution in [-0.2, 0) is 0 Å². The highest BCUT2D eigenvalue weighted by Crippen LogP contribution is 2.33. The fourth-order valence-electron chi connectivity index (χ4n) is 2.14. The van der Waals surface area contributed by atoms with E-state index in [0.717, 1.165) is 23.4 Å². The maximum Gasteiger partial charge on any atom is 0.124 e. The average molecular weight is 325 g/mol. The van der Waals surface area contributed by atoms with Crippen molar-refractivity contribution in [3.8, 4) is 5.75 Å². The molecule has 5 heteroatoms. The van der Waals surface area contributed by atoms with Crippen LogP contribution in [0.4, 0.5) is 0 Å². The summed E-state index contributed by atoms with van der Waals surface area (Å²) in [6.07, 6.45) is 2.56. The van der Waals surface area contributed by atoms with E-state index in [9.17, 15) is 0 Å². The predicted molar refractivity (Wildman–Crippen MR) is 87.4 cm³/mol. The topological polar surface area (TPSA) is 34.1 Å². The minimum Gasteiger partial charge on any atom is -0.493 e. The van der Waals surface area contributed by atoms with E-state index in [4.69, 9.17) is 27.9 Å². The third-order valence-corrected chi connectivity index (χ3v) is 3.60. The zero-order valence-electron chi connectivity index (χ0n) is 12.1. The first-order chi connectivity index (χ1) is 10.2. The number of nitrogens with one attached hydrogen (secondary N) is 1. The lowest BCUT2D eigenvalue weighted by atomic mass is 10.0. The lowest BCUT2D eigenvalue weighted by Gasteiger charge is -2.20. The summed E-state index contributed by atoms with van der Waals surface area (Å²) in [6, 6.07) is 9.45. The van der Waals surface area contributed by atoms with Crippen LogP contribution in [-0.4, -0.2) is 18.6 Å². The molecule has 1 aromatic heterocycles. The Morgan fingerprint density at radius 1 is 1.29 bits per heavy atom. The summed E-state index contributed by atoms with van der Waals surface area (Å²) in [4.78, 5) is 4.36. The van der Waals surface area contributed by atoms with E-state index in [1.165, 1.54) is 0 Å². The van der Waals surface area contributed by atoms with E-state index >= 15 is 0 Å². The number of ether oxygens (including phenoxy) is 1. The number of hydrogen-bond donors (Lipinski definition) is 1. The third-order valence-electron chi connectivity index (χ3n) is 3.09. The first-order valence-electron chi connectivity index (χ1n) is 6.87. The molecule has 1 unspecified atom stereocenters. The molecule has 0 saturated heterocycles. The Kier molecular flexibility index (Phi) is 5.85. The maximum atomic E-state index is 6.28. The molecule has 0 saturated carbocycles. The Bertz CT molecular complexity index is 605. The number of para-hydroxylation sites is 1. The largest absolute Gasteiger partial charge is 0.493 e. The summed E-state index contributed by atoms with van der Waals surface area (Å²) in [5.74, 6) is 0.839. The number of pyridine rings is 1. The smallest absolute Gasteiger partial charge is 0.124 e. The second-order valence-corrected chi connectivity index (χ2v) is 5.47. The van der Waals surface area contributed by atoms with Gasteiger partial charge in [0.05, 0.1) is 28.4 Å². The van der Waals surface area contributed by atoms with Crippen molar-refractivity contribution in [3.63, 3.8) is 0 Å². The lowest BCUT2D eigenvalue weighted by molar-refractivity contribution is 0.312. The Morgan fingerprint density at radius 3 is 2.71 bits per heavy atom. The Morgan fingerprint density at radius 2 is 2.05 bits per heavy atom. The van der Waals surface area contributed by atoms with Crippen LogP contribution in [0, 0.1) is 0 Å². The summed E-state index contributed by atoms with van der Waals surface area (Å²) < 4.78 is 5.82. The number of halogens is 2. The molecule has 0 aliphatic carbocycles. The third kappa shape index (κ3) is 3.88. The Hall–Kier alpha value is -1.29. The van der Waals surface area contributed by atoms with Gasteiger partial charge in [-0.05, 0) is 25.6 Å². The first kappa shape index (κ1) is 16.1. The standard InChI is InChI=1S/C16H18Cl2N2O/c1-3-8-21-14-7-5-4-6-12(14)15(19-2)16-13(18)9-11(17)10-20-16/h4-7,9-10,15,19H,3,8H2,1-2H3. The summed E-state index contributed by atoms with van der Waals surface area (Å²) in [5.41, 5.74) is 1.74. The van der Waals surface area contributed by atoms with Crippen LogP contribution in [0.1, 0.15) is 30.6 Å².